The van der Waals surface area contributed by atoms with Crippen molar-refractivity contribution in [3.63, 3.8) is 0 Å². The molecule has 0 bridgehead atoms. The molecule has 0 radical (unpaired) electrons. The first-order valence-electron chi connectivity index (χ1n) is 3.51. The summed E-state index contributed by atoms with van der Waals surface area (Å²) in [7, 11) is 0. The Labute approximate surface area is 84.3 Å². The van der Waals surface area contributed by atoms with E-state index in [2.05, 4.69) is 31.7 Å². The molecule has 1 heteroatoms. The van der Waals surface area contributed by atoms with Crippen molar-refractivity contribution in [2.45, 2.75) is 19.8 Å². The summed E-state index contributed by atoms with van der Waals surface area (Å²) in [6, 6.07) is 0. The third-order valence-corrected chi connectivity index (χ3v) is 1.13. The second-order valence-electron chi connectivity index (χ2n) is 1.80. The minimum atomic E-state index is 0. The Morgan fingerprint density at radius 3 is 2.73 bits per heavy atom. The summed E-state index contributed by atoms with van der Waals surface area (Å²) in [5, 5.41) is 0. The predicted molar refractivity (Wildman–Crippen MR) is 46.4 cm³/mol. The van der Waals surface area contributed by atoms with Gasteiger partial charge in [0.15, 0.2) is 0 Å². The van der Waals surface area contributed by atoms with Gasteiger partial charge in [0.05, 0.1) is 0 Å². The van der Waals surface area contributed by atoms with Gasteiger partial charge in [0, 0.05) is 0 Å². The maximum Gasteiger partial charge on any atom is 2.00 e. The van der Waals surface area contributed by atoms with Crippen LogP contribution in [0.5, 0.6) is 0 Å². The fourth-order valence-corrected chi connectivity index (χ4v) is 0.746. The molecule has 0 unspecified atom stereocenters. The van der Waals surface area contributed by atoms with Crippen LogP contribution in [0.3, 0.4) is 0 Å². The van der Waals surface area contributed by atoms with Crippen LogP contribution in [0.1, 0.15) is 19.8 Å². The van der Waals surface area contributed by atoms with Crippen molar-refractivity contribution < 1.29 is 21.1 Å². The van der Waals surface area contributed by atoms with E-state index < -0.39 is 0 Å². The molecule has 0 spiro atoms. The molecule has 1 aliphatic rings. The maximum absolute atomic E-state index is 3.63. The van der Waals surface area contributed by atoms with Gasteiger partial charge in [-0.15, -0.1) is 13.0 Å². The second kappa shape index (κ2) is 9.91. The normalized spacial score (nSPS) is 12.4. The van der Waals surface area contributed by atoms with Crippen LogP contribution < -0.4 is 0 Å². The van der Waals surface area contributed by atoms with Crippen LogP contribution in [0.4, 0.5) is 0 Å². The molecule has 0 N–H and O–H groups in total. The topological polar surface area (TPSA) is 0 Å². The van der Waals surface area contributed by atoms with Gasteiger partial charge in [0.1, 0.15) is 0 Å². The third-order valence-electron chi connectivity index (χ3n) is 1.13. The van der Waals surface area contributed by atoms with Crippen molar-refractivity contribution >= 4 is 0 Å². The molecule has 0 aromatic rings. The Kier molecular flexibility index (Phi) is 12.2. The van der Waals surface area contributed by atoms with Crippen LogP contribution in [-0.4, -0.2) is 0 Å². The quantitative estimate of drug-likeness (QED) is 0.542. The molecule has 1 rings (SSSR count). The Balaban J connectivity index is 0. The fraction of sp³-hybridized carbons (Fsp3) is 0.300. The van der Waals surface area contributed by atoms with Crippen molar-refractivity contribution in [2.75, 3.05) is 0 Å². The first-order valence-corrected chi connectivity index (χ1v) is 3.51. The zero-order chi connectivity index (χ0) is 7.82. The number of hydrogen-bond acceptors (Lipinski definition) is 0. The average molecular weight is 318 g/mol. The molecule has 0 amide bonds. The molecule has 0 saturated heterocycles. The maximum atomic E-state index is 3.63. The number of allylic oxidation sites excluding steroid dienone is 5. The van der Waals surface area contributed by atoms with Crippen LogP contribution in [0.2, 0.25) is 0 Å². The standard InChI is InChI=1S/C8H9.C2H5.W/c1-2-5-8-6-3-4-7-8;1-2;/h2-3,6H,1,4-5H2;1H2,2H3;/q2*-1;+2. The molecular weight excluding hydrogens is 304 g/mol. The van der Waals surface area contributed by atoms with Gasteiger partial charge >= 0.3 is 21.1 Å². The van der Waals surface area contributed by atoms with E-state index in [0.717, 1.165) is 12.8 Å². The first kappa shape index (κ1) is 13.5. The van der Waals surface area contributed by atoms with Crippen molar-refractivity contribution in [2.24, 2.45) is 0 Å². The number of rotatable bonds is 2. The smallest absolute Gasteiger partial charge is 0.346 e. The molecule has 0 nitrogen and oxygen atoms in total. The van der Waals surface area contributed by atoms with Gasteiger partial charge < -0.3 is 6.92 Å². The zero-order valence-corrected chi connectivity index (χ0v) is 9.90. The molecule has 0 fully saturated rings. The molecule has 1 aliphatic carbocycles. The Morgan fingerprint density at radius 2 is 2.36 bits per heavy atom. The molecule has 60 valence electrons. The Morgan fingerprint density at radius 1 is 1.73 bits per heavy atom. The largest absolute Gasteiger partial charge is 2.00 e. The molecular formula is C10H14W. The van der Waals surface area contributed by atoms with Crippen molar-refractivity contribution in [1.29, 1.82) is 0 Å². The molecule has 0 saturated carbocycles. The van der Waals surface area contributed by atoms with Gasteiger partial charge in [0.25, 0.3) is 0 Å². The van der Waals surface area contributed by atoms with E-state index in [1.807, 2.05) is 6.08 Å². The molecule has 0 atom stereocenters. The van der Waals surface area contributed by atoms with Gasteiger partial charge in [-0.3, -0.25) is 6.08 Å². The molecule has 0 aromatic heterocycles. The van der Waals surface area contributed by atoms with Crippen molar-refractivity contribution in [3.05, 3.63) is 43.4 Å². The zero-order valence-electron chi connectivity index (χ0n) is 6.97. The molecule has 11 heavy (non-hydrogen) atoms. The van der Waals surface area contributed by atoms with Crippen LogP contribution >= 0.6 is 0 Å². The Bertz CT molecular complexity index is 143. The van der Waals surface area contributed by atoms with E-state index in [9.17, 15) is 0 Å². The van der Waals surface area contributed by atoms with Gasteiger partial charge in [0.2, 0.25) is 0 Å². The minimum Gasteiger partial charge on any atom is -0.346 e. The molecule has 0 heterocycles. The summed E-state index contributed by atoms with van der Waals surface area (Å²) in [5.41, 5.74) is 1.28. The van der Waals surface area contributed by atoms with Crippen LogP contribution in [-0.2, 0) is 21.1 Å². The van der Waals surface area contributed by atoms with Gasteiger partial charge in [-0.05, 0) is 6.42 Å². The Hall–Kier alpha value is -0.0917. The van der Waals surface area contributed by atoms with E-state index in [1.54, 1.807) is 6.92 Å². The van der Waals surface area contributed by atoms with Gasteiger partial charge in [-0.1, -0.05) is 6.08 Å². The summed E-state index contributed by atoms with van der Waals surface area (Å²) in [4.78, 5) is 0. The fourth-order valence-electron chi connectivity index (χ4n) is 0.746. The molecule has 0 aliphatic heterocycles. The SMILES string of the molecule is C=CCC1=[C-]CC=C1.[CH2-]C.[W+2]. The summed E-state index contributed by atoms with van der Waals surface area (Å²) in [6.45, 7) is 8.63. The minimum absolute atomic E-state index is 0. The van der Waals surface area contributed by atoms with E-state index >= 15 is 0 Å². The summed E-state index contributed by atoms with van der Waals surface area (Å²) in [6.07, 6.45) is 11.3. The van der Waals surface area contributed by atoms with E-state index in [0.29, 0.717) is 0 Å². The summed E-state index contributed by atoms with van der Waals surface area (Å²) in [5.74, 6) is 0. The van der Waals surface area contributed by atoms with Crippen molar-refractivity contribution in [3.8, 4) is 0 Å². The van der Waals surface area contributed by atoms with E-state index in [-0.39, 0.29) is 21.1 Å². The summed E-state index contributed by atoms with van der Waals surface area (Å²) < 4.78 is 0. The second-order valence-corrected chi connectivity index (χ2v) is 1.80. The van der Waals surface area contributed by atoms with E-state index in [1.165, 1.54) is 5.57 Å². The average Bonchev–Trinajstić information content (AvgIpc) is 2.46. The number of hydrogen-bond donors (Lipinski definition) is 0. The summed E-state index contributed by atoms with van der Waals surface area (Å²) >= 11 is 0. The van der Waals surface area contributed by atoms with Crippen molar-refractivity contribution in [1.82, 2.24) is 0 Å². The molecule has 0 aromatic carbocycles. The monoisotopic (exact) mass is 318 g/mol. The first-order chi connectivity index (χ1) is 4.93. The van der Waals surface area contributed by atoms with Gasteiger partial charge in [-0.2, -0.15) is 13.0 Å². The van der Waals surface area contributed by atoms with Crippen LogP contribution in [0.15, 0.2) is 30.4 Å². The van der Waals surface area contributed by atoms with E-state index in [4.69, 9.17) is 0 Å². The van der Waals surface area contributed by atoms with Crippen LogP contribution in [0, 0.1) is 13.0 Å². The predicted octanol–water partition coefficient (Wildman–Crippen LogP) is 3.09. The van der Waals surface area contributed by atoms with Gasteiger partial charge in [-0.25, -0.2) is 11.6 Å². The van der Waals surface area contributed by atoms with Crippen LogP contribution in [0.25, 0.3) is 0 Å². The third kappa shape index (κ3) is 6.31.